The molecule has 190 valence electrons. The van der Waals surface area contributed by atoms with Gasteiger partial charge in [-0.2, -0.15) is 26.3 Å². The van der Waals surface area contributed by atoms with Crippen molar-refractivity contribution in [3.63, 3.8) is 0 Å². The zero-order valence-corrected chi connectivity index (χ0v) is 19.4. The summed E-state index contributed by atoms with van der Waals surface area (Å²) < 4.78 is 87.8. The fourth-order valence-corrected chi connectivity index (χ4v) is 4.50. The Morgan fingerprint density at radius 2 is 1.75 bits per heavy atom. The second kappa shape index (κ2) is 9.80. The Kier molecular flexibility index (Phi) is 6.94. The lowest BCUT2D eigenvalue weighted by molar-refractivity contribution is -0.143. The average Bonchev–Trinajstić information content (AvgIpc) is 3.49. The van der Waals surface area contributed by atoms with Crippen molar-refractivity contribution in [1.82, 2.24) is 14.5 Å². The summed E-state index contributed by atoms with van der Waals surface area (Å²) in [5, 5.41) is 0.139. The monoisotopic (exact) mass is 528 g/mol. The summed E-state index contributed by atoms with van der Waals surface area (Å²) in [5.41, 5.74) is -3.36. The molecule has 36 heavy (non-hydrogen) atoms. The van der Waals surface area contributed by atoms with Crippen LogP contribution in [0, 0.1) is 0 Å². The third-order valence-corrected chi connectivity index (χ3v) is 6.29. The molecule has 0 N–H and O–H groups in total. The Labute approximate surface area is 204 Å². The van der Waals surface area contributed by atoms with Crippen LogP contribution in [0.25, 0.3) is 10.2 Å². The number of imidazole rings is 1. The highest BCUT2D eigenvalue weighted by molar-refractivity contribution is 7.22. The molecule has 0 atom stereocenters. The molecular formula is C23H18F6N4O2S. The molecule has 0 aliphatic carbocycles. The number of amides is 1. The molecule has 0 aliphatic heterocycles. The number of fused-ring (bicyclic) bond motifs is 1. The molecular weight excluding hydrogens is 510 g/mol. The van der Waals surface area contributed by atoms with Gasteiger partial charge in [0.1, 0.15) is 5.75 Å². The van der Waals surface area contributed by atoms with E-state index in [9.17, 15) is 31.1 Å². The Balaban J connectivity index is 1.75. The third kappa shape index (κ3) is 5.61. The average molecular weight is 528 g/mol. The Morgan fingerprint density at radius 3 is 2.33 bits per heavy atom. The topological polar surface area (TPSA) is 60.2 Å². The van der Waals surface area contributed by atoms with Gasteiger partial charge < -0.3 is 9.30 Å². The lowest BCUT2D eigenvalue weighted by Gasteiger charge is -2.21. The van der Waals surface area contributed by atoms with Gasteiger partial charge in [0, 0.05) is 31.0 Å². The zero-order chi connectivity index (χ0) is 26.1. The van der Waals surface area contributed by atoms with Crippen molar-refractivity contribution >= 4 is 32.6 Å². The number of rotatable bonds is 7. The van der Waals surface area contributed by atoms with E-state index in [1.807, 2.05) is 0 Å². The van der Waals surface area contributed by atoms with E-state index in [0.717, 1.165) is 16.2 Å². The standard InChI is InChI=1S/C23H18F6N4O2S/c1-35-17-3-4-18-19(12-17)36-21(31-18)33(7-2-6-32-8-5-30-13-32)20(34)14-9-15(22(24,25)26)11-16(10-14)23(27,28)29/h3-5,8-13H,2,6-7H2,1H3. The number of hydrogen-bond donors (Lipinski definition) is 0. The van der Waals surface area contributed by atoms with Gasteiger partial charge in [-0.3, -0.25) is 9.69 Å². The fraction of sp³-hybridized carbons (Fsp3) is 0.261. The highest BCUT2D eigenvalue weighted by atomic mass is 32.1. The molecule has 4 rings (SSSR count). The lowest BCUT2D eigenvalue weighted by Crippen LogP contribution is -2.33. The largest absolute Gasteiger partial charge is 0.497 e. The second-order valence-electron chi connectivity index (χ2n) is 7.74. The van der Waals surface area contributed by atoms with Crippen LogP contribution >= 0.6 is 11.3 Å². The van der Waals surface area contributed by atoms with E-state index >= 15 is 0 Å². The summed E-state index contributed by atoms with van der Waals surface area (Å²) in [6.07, 6.45) is -5.00. The number of carbonyl (C=O) groups excluding carboxylic acids is 1. The smallest absolute Gasteiger partial charge is 0.416 e. The summed E-state index contributed by atoms with van der Waals surface area (Å²) >= 11 is 1.08. The van der Waals surface area contributed by atoms with Crippen LogP contribution in [0.1, 0.15) is 27.9 Å². The molecule has 0 fully saturated rings. The van der Waals surface area contributed by atoms with Gasteiger partial charge in [-0.15, -0.1) is 0 Å². The van der Waals surface area contributed by atoms with Crippen LogP contribution in [-0.4, -0.2) is 34.1 Å². The number of methoxy groups -OCH3 is 1. The van der Waals surface area contributed by atoms with E-state index in [0.29, 0.717) is 41.1 Å². The van der Waals surface area contributed by atoms with Gasteiger partial charge >= 0.3 is 12.4 Å². The van der Waals surface area contributed by atoms with Crippen molar-refractivity contribution in [3.8, 4) is 5.75 Å². The van der Waals surface area contributed by atoms with Crippen LogP contribution in [0.3, 0.4) is 0 Å². The highest BCUT2D eigenvalue weighted by Gasteiger charge is 2.38. The van der Waals surface area contributed by atoms with Gasteiger partial charge in [0.05, 0.1) is 34.8 Å². The van der Waals surface area contributed by atoms with Crippen LogP contribution < -0.4 is 9.64 Å². The number of halogens is 6. The molecule has 0 spiro atoms. The molecule has 1 amide bonds. The number of benzene rings is 2. The van der Waals surface area contributed by atoms with Crippen molar-refractivity contribution in [2.45, 2.75) is 25.3 Å². The molecule has 2 aromatic heterocycles. The SMILES string of the molecule is COc1ccc2nc(N(CCCn3ccnc3)C(=O)c3cc(C(F)(F)F)cc(C(F)(F)F)c3)sc2c1. The quantitative estimate of drug-likeness (QED) is 0.265. The minimum Gasteiger partial charge on any atom is -0.497 e. The van der Waals surface area contributed by atoms with E-state index in [1.54, 1.807) is 41.5 Å². The van der Waals surface area contributed by atoms with Crippen LogP contribution in [0.2, 0.25) is 0 Å². The van der Waals surface area contributed by atoms with E-state index in [4.69, 9.17) is 4.74 Å². The lowest BCUT2D eigenvalue weighted by atomic mass is 10.0. The van der Waals surface area contributed by atoms with Crippen LogP contribution in [0.15, 0.2) is 55.1 Å². The van der Waals surface area contributed by atoms with Gasteiger partial charge in [0.2, 0.25) is 0 Å². The van der Waals surface area contributed by atoms with E-state index in [1.165, 1.54) is 7.11 Å². The molecule has 13 heteroatoms. The number of thiazole rings is 1. The van der Waals surface area contributed by atoms with Gasteiger partial charge in [0.25, 0.3) is 5.91 Å². The summed E-state index contributed by atoms with van der Waals surface area (Å²) in [4.78, 5) is 22.8. The predicted molar refractivity (Wildman–Crippen MR) is 121 cm³/mol. The van der Waals surface area contributed by atoms with E-state index < -0.39 is 35.0 Å². The van der Waals surface area contributed by atoms with Crippen molar-refractivity contribution in [2.75, 3.05) is 18.6 Å². The first-order chi connectivity index (χ1) is 17.0. The maximum absolute atomic E-state index is 13.4. The molecule has 0 bridgehead atoms. The fourth-order valence-electron chi connectivity index (χ4n) is 3.48. The summed E-state index contributed by atoms with van der Waals surface area (Å²) in [6.45, 7) is 0.407. The number of ether oxygens (including phenoxy) is 1. The van der Waals surface area contributed by atoms with Crippen LogP contribution in [0.4, 0.5) is 31.5 Å². The molecule has 0 unspecified atom stereocenters. The number of carbonyl (C=O) groups is 1. The number of aromatic nitrogens is 3. The van der Waals surface area contributed by atoms with Crippen molar-refractivity contribution in [2.24, 2.45) is 0 Å². The first-order valence-electron chi connectivity index (χ1n) is 10.5. The number of anilines is 1. The van der Waals surface area contributed by atoms with Crippen molar-refractivity contribution in [1.29, 1.82) is 0 Å². The van der Waals surface area contributed by atoms with Gasteiger partial charge in [-0.05, 0) is 42.8 Å². The normalized spacial score (nSPS) is 12.2. The molecule has 2 heterocycles. The number of aryl methyl sites for hydroxylation is 1. The minimum absolute atomic E-state index is 0.00837. The maximum atomic E-state index is 13.4. The first-order valence-corrected chi connectivity index (χ1v) is 11.3. The van der Waals surface area contributed by atoms with Crippen molar-refractivity contribution < 1.29 is 35.9 Å². The summed E-state index contributed by atoms with van der Waals surface area (Å²) in [6, 6.07) is 5.82. The van der Waals surface area contributed by atoms with E-state index in [-0.39, 0.29) is 17.7 Å². The summed E-state index contributed by atoms with van der Waals surface area (Å²) in [5.74, 6) is -0.494. The third-order valence-electron chi connectivity index (χ3n) is 5.25. The zero-order valence-electron chi connectivity index (χ0n) is 18.6. The Hall–Kier alpha value is -3.61. The predicted octanol–water partition coefficient (Wildman–Crippen LogP) is 6.28. The Morgan fingerprint density at radius 1 is 1.06 bits per heavy atom. The molecule has 2 aromatic carbocycles. The van der Waals surface area contributed by atoms with Crippen LogP contribution in [-0.2, 0) is 18.9 Å². The molecule has 4 aromatic rings. The number of nitrogens with zero attached hydrogens (tertiary/aromatic N) is 4. The van der Waals surface area contributed by atoms with Gasteiger partial charge in [-0.1, -0.05) is 11.3 Å². The molecule has 0 saturated carbocycles. The molecule has 0 aliphatic rings. The van der Waals surface area contributed by atoms with Crippen LogP contribution in [0.5, 0.6) is 5.75 Å². The number of hydrogen-bond acceptors (Lipinski definition) is 5. The first kappa shape index (κ1) is 25.5. The maximum Gasteiger partial charge on any atom is 0.416 e. The van der Waals surface area contributed by atoms with Gasteiger partial charge in [0.15, 0.2) is 5.13 Å². The molecule has 0 saturated heterocycles. The highest BCUT2D eigenvalue weighted by Crippen LogP contribution is 2.38. The minimum atomic E-state index is -5.07. The number of alkyl halides is 6. The molecule has 0 radical (unpaired) electrons. The van der Waals surface area contributed by atoms with Gasteiger partial charge in [-0.25, -0.2) is 9.97 Å². The van der Waals surface area contributed by atoms with Crippen molar-refractivity contribution in [3.05, 3.63) is 71.8 Å². The molecule has 6 nitrogen and oxygen atoms in total. The van der Waals surface area contributed by atoms with E-state index in [2.05, 4.69) is 9.97 Å². The second-order valence-corrected chi connectivity index (χ2v) is 8.74. The Bertz CT molecular complexity index is 1330. The summed E-state index contributed by atoms with van der Waals surface area (Å²) in [7, 11) is 1.47.